The Bertz CT molecular complexity index is 552. The van der Waals surface area contributed by atoms with Crippen molar-refractivity contribution in [3.8, 4) is 0 Å². The van der Waals surface area contributed by atoms with Crippen LogP contribution >= 0.6 is 0 Å². The average molecular weight is 188 g/mol. The smallest absolute Gasteiger partial charge is 0.0574 e. The average Bonchev–Trinajstić information content (AvgIpc) is 2.70. The van der Waals surface area contributed by atoms with Gasteiger partial charge < -0.3 is 0 Å². The molecular formula is C11H8OS. The van der Waals surface area contributed by atoms with Crippen LogP contribution in [-0.4, -0.2) is 9.96 Å². The van der Waals surface area contributed by atoms with E-state index in [9.17, 15) is 4.21 Å². The summed E-state index contributed by atoms with van der Waals surface area (Å²) in [5.41, 5.74) is 1.24. The number of fused-ring (bicyclic) bond motifs is 3. The van der Waals surface area contributed by atoms with Crippen molar-refractivity contribution in [2.75, 3.05) is 5.75 Å². The monoisotopic (exact) mass is 188 g/mol. The predicted octanol–water partition coefficient (Wildman–Crippen LogP) is 0.396. The zero-order chi connectivity index (χ0) is 8.84. The predicted molar refractivity (Wildman–Crippen MR) is 54.9 cm³/mol. The molecule has 1 atom stereocenters. The van der Waals surface area contributed by atoms with Gasteiger partial charge in [0.05, 0.1) is 10.8 Å². The van der Waals surface area contributed by atoms with Gasteiger partial charge in [-0.2, -0.15) is 0 Å². The maximum Gasteiger partial charge on any atom is 0.0574 e. The number of allylic oxidation sites excluding steroid dienone is 1. The largest absolute Gasteiger partial charge is 0.254 e. The van der Waals surface area contributed by atoms with Crippen molar-refractivity contribution in [1.29, 1.82) is 0 Å². The van der Waals surface area contributed by atoms with Gasteiger partial charge in [0.25, 0.3) is 0 Å². The minimum absolute atomic E-state index is 0.680. The van der Waals surface area contributed by atoms with Crippen molar-refractivity contribution >= 4 is 29.0 Å². The van der Waals surface area contributed by atoms with E-state index >= 15 is 0 Å². The molecule has 1 unspecified atom stereocenters. The lowest BCUT2D eigenvalue weighted by atomic mass is 10.1. The van der Waals surface area contributed by atoms with Gasteiger partial charge >= 0.3 is 0 Å². The van der Waals surface area contributed by atoms with Crippen LogP contribution in [-0.2, 0) is 10.8 Å². The molecule has 1 aromatic rings. The molecule has 1 aromatic carbocycles. The number of hydrogen-bond acceptors (Lipinski definition) is 1. The van der Waals surface area contributed by atoms with E-state index in [0.717, 1.165) is 4.90 Å². The van der Waals surface area contributed by atoms with Crippen LogP contribution < -0.4 is 10.4 Å². The molecule has 13 heavy (non-hydrogen) atoms. The van der Waals surface area contributed by atoms with Crippen molar-refractivity contribution in [3.05, 3.63) is 34.2 Å². The second kappa shape index (κ2) is 2.42. The SMILES string of the molecule is O=S1CC=c2c1ccc1c2=CC=C1. The Morgan fingerprint density at radius 2 is 2.15 bits per heavy atom. The molecule has 0 radical (unpaired) electrons. The molecule has 2 aliphatic rings. The quantitative estimate of drug-likeness (QED) is 0.576. The fourth-order valence-corrected chi connectivity index (χ4v) is 3.03. The molecule has 1 heterocycles. The van der Waals surface area contributed by atoms with Crippen molar-refractivity contribution < 1.29 is 4.21 Å². The van der Waals surface area contributed by atoms with Gasteiger partial charge in [-0.05, 0) is 22.1 Å². The first-order chi connectivity index (χ1) is 6.36. The van der Waals surface area contributed by atoms with Crippen LogP contribution in [0, 0.1) is 0 Å². The molecule has 2 heteroatoms. The fraction of sp³-hybridized carbons (Fsp3) is 0.0909. The lowest BCUT2D eigenvalue weighted by Gasteiger charge is -1.96. The number of hydrogen-bond donors (Lipinski definition) is 0. The Hall–Kier alpha value is -1.15. The summed E-state index contributed by atoms with van der Waals surface area (Å²) in [7, 11) is -0.793. The molecule has 0 aromatic heterocycles. The molecule has 3 rings (SSSR count). The standard InChI is InChI=1S/C11H8OS/c12-13-7-6-10-9-3-1-2-8(9)4-5-11(10)13/h1-6H,7H2. The molecule has 0 fully saturated rings. The maximum absolute atomic E-state index is 11.5. The summed E-state index contributed by atoms with van der Waals surface area (Å²) in [6.07, 6.45) is 8.30. The van der Waals surface area contributed by atoms with Gasteiger partial charge in [-0.3, -0.25) is 4.21 Å². The van der Waals surface area contributed by atoms with Crippen LogP contribution in [0.5, 0.6) is 0 Å². The van der Waals surface area contributed by atoms with E-state index in [0.29, 0.717) is 5.75 Å². The number of benzene rings is 1. The van der Waals surface area contributed by atoms with Crippen molar-refractivity contribution in [2.24, 2.45) is 0 Å². The molecule has 64 valence electrons. The summed E-state index contributed by atoms with van der Waals surface area (Å²) < 4.78 is 11.5. The lowest BCUT2D eigenvalue weighted by Crippen LogP contribution is -2.26. The summed E-state index contributed by atoms with van der Waals surface area (Å²) in [4.78, 5) is 0.999. The first-order valence-corrected chi connectivity index (χ1v) is 5.58. The van der Waals surface area contributed by atoms with E-state index in [4.69, 9.17) is 0 Å². The zero-order valence-corrected chi connectivity index (χ0v) is 7.80. The molecule has 0 amide bonds. The molecule has 1 aliphatic carbocycles. The second-order valence-electron chi connectivity index (χ2n) is 3.22. The van der Waals surface area contributed by atoms with Crippen LogP contribution in [0.4, 0.5) is 0 Å². The maximum atomic E-state index is 11.5. The molecule has 0 spiro atoms. The Kier molecular flexibility index (Phi) is 1.35. The molecular weight excluding hydrogens is 180 g/mol. The van der Waals surface area contributed by atoms with E-state index < -0.39 is 10.8 Å². The van der Waals surface area contributed by atoms with Crippen molar-refractivity contribution in [1.82, 2.24) is 0 Å². The van der Waals surface area contributed by atoms with Crippen LogP contribution in [0.25, 0.3) is 18.2 Å². The summed E-state index contributed by atoms with van der Waals surface area (Å²) in [5, 5.41) is 2.42. The Morgan fingerprint density at radius 1 is 1.23 bits per heavy atom. The first kappa shape index (κ1) is 7.27. The van der Waals surface area contributed by atoms with Gasteiger partial charge in [0, 0.05) is 10.6 Å². The second-order valence-corrected chi connectivity index (χ2v) is 4.69. The zero-order valence-electron chi connectivity index (χ0n) is 6.99. The Balaban J connectivity index is 2.53. The van der Waals surface area contributed by atoms with Gasteiger partial charge in [-0.15, -0.1) is 0 Å². The van der Waals surface area contributed by atoms with Crippen molar-refractivity contribution in [2.45, 2.75) is 4.90 Å². The van der Waals surface area contributed by atoms with Gasteiger partial charge in [0.15, 0.2) is 0 Å². The third-order valence-corrected chi connectivity index (χ3v) is 3.82. The molecule has 0 saturated heterocycles. The lowest BCUT2D eigenvalue weighted by molar-refractivity contribution is 0.686. The third-order valence-electron chi connectivity index (χ3n) is 2.50. The summed E-state index contributed by atoms with van der Waals surface area (Å²) in [6.45, 7) is 0. The van der Waals surface area contributed by atoms with Crippen LogP contribution in [0.2, 0.25) is 0 Å². The van der Waals surface area contributed by atoms with Gasteiger partial charge in [0.2, 0.25) is 0 Å². The van der Waals surface area contributed by atoms with Gasteiger partial charge in [-0.1, -0.05) is 30.4 Å². The Labute approximate surface area is 78.5 Å². The van der Waals surface area contributed by atoms with E-state index in [1.807, 2.05) is 18.2 Å². The minimum Gasteiger partial charge on any atom is -0.254 e. The Morgan fingerprint density at radius 3 is 3.08 bits per heavy atom. The summed E-state index contributed by atoms with van der Waals surface area (Å²) in [5.74, 6) is 0.680. The van der Waals surface area contributed by atoms with Gasteiger partial charge in [0.1, 0.15) is 0 Å². The van der Waals surface area contributed by atoms with Crippen LogP contribution in [0.3, 0.4) is 0 Å². The highest BCUT2D eigenvalue weighted by Gasteiger charge is 2.13. The fourth-order valence-electron chi connectivity index (χ4n) is 1.87. The molecule has 0 saturated carbocycles. The van der Waals surface area contributed by atoms with Crippen LogP contribution in [0.1, 0.15) is 5.56 Å². The normalized spacial score (nSPS) is 22.0. The van der Waals surface area contributed by atoms with Gasteiger partial charge in [-0.25, -0.2) is 0 Å². The van der Waals surface area contributed by atoms with E-state index in [-0.39, 0.29) is 0 Å². The molecule has 1 aliphatic heterocycles. The molecule has 0 N–H and O–H groups in total. The third kappa shape index (κ3) is 0.893. The first-order valence-electron chi connectivity index (χ1n) is 4.26. The highest BCUT2D eigenvalue weighted by atomic mass is 32.2. The number of rotatable bonds is 0. The van der Waals surface area contributed by atoms with Crippen molar-refractivity contribution in [3.63, 3.8) is 0 Å². The highest BCUT2D eigenvalue weighted by molar-refractivity contribution is 7.85. The molecule has 0 bridgehead atoms. The minimum atomic E-state index is -0.793. The molecule has 1 nitrogen and oxygen atoms in total. The highest BCUT2D eigenvalue weighted by Crippen LogP contribution is 2.09. The van der Waals surface area contributed by atoms with E-state index in [1.165, 1.54) is 16.0 Å². The summed E-state index contributed by atoms with van der Waals surface area (Å²) in [6, 6.07) is 4.03. The van der Waals surface area contributed by atoms with Crippen LogP contribution in [0.15, 0.2) is 23.1 Å². The van der Waals surface area contributed by atoms with E-state index in [2.05, 4.69) is 18.2 Å². The van der Waals surface area contributed by atoms with E-state index in [1.54, 1.807) is 0 Å². The topological polar surface area (TPSA) is 17.1 Å². The summed E-state index contributed by atoms with van der Waals surface area (Å²) >= 11 is 0.